The van der Waals surface area contributed by atoms with E-state index < -0.39 is 0 Å². The third-order valence-corrected chi connectivity index (χ3v) is 1.76. The van der Waals surface area contributed by atoms with Crippen LogP contribution in [0.1, 0.15) is 0 Å². The molecule has 8 heavy (non-hydrogen) atoms. The fourth-order valence-electron chi connectivity index (χ4n) is 0.198. The lowest BCUT2D eigenvalue weighted by Crippen LogP contribution is -1.86. The molecular formula is C5H7ClOS. The molecular weight excluding hydrogens is 144 g/mol. The van der Waals surface area contributed by atoms with Crippen LogP contribution >= 0.6 is 23.4 Å². The van der Waals surface area contributed by atoms with E-state index in [-0.39, 0.29) is 5.12 Å². The number of carbonyl (C=O) groups is 1. The van der Waals surface area contributed by atoms with E-state index in [1.54, 1.807) is 0 Å². The molecule has 0 amide bonds. The lowest BCUT2D eigenvalue weighted by molar-refractivity contribution is -0.107. The van der Waals surface area contributed by atoms with E-state index in [0.717, 1.165) is 0 Å². The van der Waals surface area contributed by atoms with Crippen molar-refractivity contribution in [3.63, 3.8) is 0 Å². The van der Waals surface area contributed by atoms with Gasteiger partial charge in [-0.05, 0) is 6.08 Å². The summed E-state index contributed by atoms with van der Waals surface area (Å²) in [6.45, 7) is 3.30. The van der Waals surface area contributed by atoms with Gasteiger partial charge in [-0.15, -0.1) is 11.6 Å². The molecule has 0 N–H and O–H groups in total. The SMILES string of the molecule is C=CC(=O)SCCCl. The standard InChI is InChI=1S/C5H7ClOS/c1-2-5(7)8-4-3-6/h2H,1,3-4H2. The highest BCUT2D eigenvalue weighted by Gasteiger charge is 1.91. The largest absolute Gasteiger partial charge is 0.282 e. The first kappa shape index (κ1) is 8.05. The van der Waals surface area contributed by atoms with Crippen LogP contribution in [0, 0.1) is 0 Å². The molecule has 0 aliphatic heterocycles. The maximum atomic E-state index is 10.4. The van der Waals surface area contributed by atoms with Gasteiger partial charge in [-0.3, -0.25) is 4.79 Å². The Morgan fingerprint density at radius 2 is 2.50 bits per heavy atom. The summed E-state index contributed by atoms with van der Waals surface area (Å²) >= 11 is 6.48. The van der Waals surface area contributed by atoms with Crippen molar-refractivity contribution in [2.75, 3.05) is 11.6 Å². The number of rotatable bonds is 3. The van der Waals surface area contributed by atoms with Gasteiger partial charge in [0.15, 0.2) is 0 Å². The number of carbonyl (C=O) groups excluding carboxylic acids is 1. The molecule has 0 rings (SSSR count). The molecule has 0 spiro atoms. The van der Waals surface area contributed by atoms with Gasteiger partial charge in [0.05, 0.1) is 0 Å². The number of halogens is 1. The van der Waals surface area contributed by atoms with Gasteiger partial charge in [-0.25, -0.2) is 0 Å². The average molecular weight is 151 g/mol. The molecule has 46 valence electrons. The van der Waals surface area contributed by atoms with E-state index in [2.05, 4.69) is 6.58 Å². The summed E-state index contributed by atoms with van der Waals surface area (Å²) in [5, 5.41) is -0.00866. The molecule has 0 aromatic rings. The van der Waals surface area contributed by atoms with Crippen molar-refractivity contribution in [3.05, 3.63) is 12.7 Å². The molecule has 3 heteroatoms. The minimum atomic E-state index is -0.00866. The normalized spacial score (nSPS) is 8.62. The summed E-state index contributed by atoms with van der Waals surface area (Å²) in [4.78, 5) is 10.4. The Labute approximate surface area is 58.1 Å². The zero-order valence-corrected chi connectivity index (χ0v) is 5.97. The summed E-state index contributed by atoms with van der Waals surface area (Å²) in [5.41, 5.74) is 0. The molecule has 0 aromatic carbocycles. The van der Waals surface area contributed by atoms with Crippen LogP contribution in [0.2, 0.25) is 0 Å². The molecule has 0 aliphatic rings. The maximum Gasteiger partial charge on any atom is 0.211 e. The molecule has 0 aromatic heterocycles. The monoisotopic (exact) mass is 150 g/mol. The van der Waals surface area contributed by atoms with Crippen LogP contribution < -0.4 is 0 Å². The van der Waals surface area contributed by atoms with Gasteiger partial charge in [0, 0.05) is 11.6 Å². The number of hydrogen-bond donors (Lipinski definition) is 0. The van der Waals surface area contributed by atoms with Crippen molar-refractivity contribution < 1.29 is 4.79 Å². The third kappa shape index (κ3) is 4.22. The lowest BCUT2D eigenvalue weighted by atomic mass is 10.7. The molecule has 0 heterocycles. The second-order valence-corrected chi connectivity index (χ2v) is 2.54. The molecule has 0 bridgehead atoms. The van der Waals surface area contributed by atoms with Crippen LogP contribution in [0.3, 0.4) is 0 Å². The predicted octanol–water partition coefficient (Wildman–Crippen LogP) is 1.67. The molecule has 0 saturated carbocycles. The summed E-state index contributed by atoms with van der Waals surface area (Å²) in [7, 11) is 0. The van der Waals surface area contributed by atoms with Crippen LogP contribution in [-0.4, -0.2) is 16.7 Å². The van der Waals surface area contributed by atoms with Gasteiger partial charge < -0.3 is 0 Å². The Kier molecular flexibility index (Phi) is 5.22. The van der Waals surface area contributed by atoms with Crippen LogP contribution in [0.25, 0.3) is 0 Å². The van der Waals surface area contributed by atoms with Crippen LogP contribution in [0.5, 0.6) is 0 Å². The van der Waals surface area contributed by atoms with E-state index in [4.69, 9.17) is 11.6 Å². The van der Waals surface area contributed by atoms with Gasteiger partial charge in [0.25, 0.3) is 0 Å². The zero-order valence-electron chi connectivity index (χ0n) is 4.39. The first-order valence-electron chi connectivity index (χ1n) is 2.16. The van der Waals surface area contributed by atoms with Gasteiger partial charge in [-0.2, -0.15) is 0 Å². The minimum absolute atomic E-state index is 0.00866. The minimum Gasteiger partial charge on any atom is -0.282 e. The highest BCUT2D eigenvalue weighted by atomic mass is 35.5. The molecule has 0 saturated heterocycles. The van der Waals surface area contributed by atoms with E-state index >= 15 is 0 Å². The van der Waals surface area contributed by atoms with Crippen molar-refractivity contribution in [1.82, 2.24) is 0 Å². The topological polar surface area (TPSA) is 17.1 Å². The number of hydrogen-bond acceptors (Lipinski definition) is 2. The molecule has 0 radical (unpaired) electrons. The summed E-state index contributed by atoms with van der Waals surface area (Å²) < 4.78 is 0. The number of alkyl halides is 1. The second-order valence-electron chi connectivity index (χ2n) is 1.06. The second kappa shape index (κ2) is 5.19. The first-order valence-corrected chi connectivity index (χ1v) is 3.68. The summed E-state index contributed by atoms with van der Waals surface area (Å²) in [5.74, 6) is 1.19. The molecule has 0 aliphatic carbocycles. The summed E-state index contributed by atoms with van der Waals surface area (Å²) in [6, 6.07) is 0. The van der Waals surface area contributed by atoms with Crippen LogP contribution in [0.15, 0.2) is 12.7 Å². The van der Waals surface area contributed by atoms with E-state index in [1.165, 1.54) is 17.8 Å². The van der Waals surface area contributed by atoms with E-state index in [0.29, 0.717) is 11.6 Å². The lowest BCUT2D eigenvalue weighted by Gasteiger charge is -1.86. The van der Waals surface area contributed by atoms with Crippen molar-refractivity contribution in [1.29, 1.82) is 0 Å². The molecule has 0 atom stereocenters. The van der Waals surface area contributed by atoms with Crippen LogP contribution in [0.4, 0.5) is 0 Å². The Morgan fingerprint density at radius 3 is 2.88 bits per heavy atom. The Balaban J connectivity index is 3.11. The van der Waals surface area contributed by atoms with Crippen molar-refractivity contribution >= 4 is 28.5 Å². The third-order valence-electron chi connectivity index (χ3n) is 0.488. The number of thioether (sulfide) groups is 1. The van der Waals surface area contributed by atoms with Gasteiger partial charge >= 0.3 is 0 Å². The molecule has 0 unspecified atom stereocenters. The van der Waals surface area contributed by atoms with Crippen molar-refractivity contribution in [2.45, 2.75) is 0 Å². The Bertz CT molecular complexity index is 92.4. The predicted molar refractivity (Wildman–Crippen MR) is 38.4 cm³/mol. The fraction of sp³-hybridized carbons (Fsp3) is 0.400. The molecule has 1 nitrogen and oxygen atoms in total. The van der Waals surface area contributed by atoms with Crippen LogP contribution in [-0.2, 0) is 4.79 Å². The smallest absolute Gasteiger partial charge is 0.211 e. The Hall–Kier alpha value is 0.0500. The van der Waals surface area contributed by atoms with E-state index in [9.17, 15) is 4.79 Å². The van der Waals surface area contributed by atoms with Gasteiger partial charge in [0.2, 0.25) is 5.12 Å². The highest BCUT2D eigenvalue weighted by molar-refractivity contribution is 8.14. The van der Waals surface area contributed by atoms with Crippen molar-refractivity contribution in [3.8, 4) is 0 Å². The average Bonchev–Trinajstić information content (AvgIpc) is 1.83. The zero-order chi connectivity index (χ0) is 6.41. The summed E-state index contributed by atoms with van der Waals surface area (Å²) in [6.07, 6.45) is 1.29. The van der Waals surface area contributed by atoms with E-state index in [1.807, 2.05) is 0 Å². The maximum absolute atomic E-state index is 10.4. The first-order chi connectivity index (χ1) is 3.81. The quantitative estimate of drug-likeness (QED) is 0.450. The molecule has 0 fully saturated rings. The Morgan fingerprint density at radius 1 is 1.88 bits per heavy atom. The van der Waals surface area contributed by atoms with Gasteiger partial charge in [-0.1, -0.05) is 18.3 Å². The van der Waals surface area contributed by atoms with Gasteiger partial charge in [0.1, 0.15) is 0 Å². The fourth-order valence-corrected chi connectivity index (χ4v) is 0.826. The highest BCUT2D eigenvalue weighted by Crippen LogP contribution is 2.01. The van der Waals surface area contributed by atoms with Crippen molar-refractivity contribution in [2.24, 2.45) is 0 Å².